The first kappa shape index (κ1) is 23.8. The van der Waals surface area contributed by atoms with Crippen LogP contribution in [0, 0.1) is 26.6 Å². The van der Waals surface area contributed by atoms with E-state index in [0.717, 1.165) is 57.1 Å². The summed E-state index contributed by atoms with van der Waals surface area (Å²) in [5.41, 5.74) is 8.64. The molecular formula is C30H28FN7. The molecule has 0 aliphatic heterocycles. The van der Waals surface area contributed by atoms with E-state index in [2.05, 4.69) is 49.5 Å². The number of hydrogen-bond donors (Lipinski definition) is 0. The Morgan fingerprint density at radius 3 is 2.34 bits per heavy atom. The molecule has 0 N–H and O–H groups in total. The Kier molecular flexibility index (Phi) is 5.87. The molecule has 0 saturated carbocycles. The summed E-state index contributed by atoms with van der Waals surface area (Å²) < 4.78 is 19.2. The Balaban J connectivity index is 1.34. The summed E-state index contributed by atoms with van der Waals surface area (Å²) in [7, 11) is 0. The van der Waals surface area contributed by atoms with E-state index in [0.29, 0.717) is 5.95 Å². The molecule has 0 saturated heterocycles. The standard InChI is InChI=1S/C30H28FN7/c1-5-28(22-11-13-24(31)14-12-22)37-18-23(17-32-37)26-7-6-8-27(33-26)25-15-16-36-29(21(25)4)34-30(35-36)38-19(2)9-10-20(38)3/h6-18,28H,5H2,1-4H3. The molecule has 5 heterocycles. The minimum absolute atomic E-state index is 0.0203. The highest BCUT2D eigenvalue weighted by Crippen LogP contribution is 2.29. The van der Waals surface area contributed by atoms with Crippen molar-refractivity contribution < 1.29 is 4.39 Å². The molecule has 0 amide bonds. The lowest BCUT2D eigenvalue weighted by Crippen LogP contribution is -2.10. The third-order valence-electron chi connectivity index (χ3n) is 7.10. The highest BCUT2D eigenvalue weighted by atomic mass is 19.1. The molecule has 1 aromatic carbocycles. The second kappa shape index (κ2) is 9.37. The number of aromatic nitrogens is 7. The summed E-state index contributed by atoms with van der Waals surface area (Å²) >= 11 is 0. The SMILES string of the molecule is CCC(c1ccc(F)cc1)n1cc(-c2cccc(-c3ccn4nc(-n5c(C)ccc5C)nc4c3C)n2)cn1. The normalized spacial score (nSPS) is 12.3. The molecule has 0 bridgehead atoms. The van der Waals surface area contributed by atoms with Crippen LogP contribution in [-0.2, 0) is 0 Å². The third-order valence-corrected chi connectivity index (χ3v) is 7.10. The fourth-order valence-corrected chi connectivity index (χ4v) is 5.07. The summed E-state index contributed by atoms with van der Waals surface area (Å²) in [5.74, 6) is 0.419. The van der Waals surface area contributed by atoms with Gasteiger partial charge in [0.15, 0.2) is 5.65 Å². The zero-order chi connectivity index (χ0) is 26.4. The lowest BCUT2D eigenvalue weighted by atomic mass is 10.0. The van der Waals surface area contributed by atoms with Crippen molar-refractivity contribution >= 4 is 5.65 Å². The van der Waals surface area contributed by atoms with E-state index in [1.54, 1.807) is 0 Å². The average Bonchev–Trinajstić information content (AvgIpc) is 3.65. The van der Waals surface area contributed by atoms with E-state index < -0.39 is 0 Å². The summed E-state index contributed by atoms with van der Waals surface area (Å²) in [4.78, 5) is 9.84. The largest absolute Gasteiger partial charge is 0.286 e. The molecule has 6 rings (SSSR count). The van der Waals surface area contributed by atoms with Gasteiger partial charge in [0.05, 0.1) is 23.6 Å². The second-order valence-corrected chi connectivity index (χ2v) is 9.58. The van der Waals surface area contributed by atoms with Gasteiger partial charge in [0.1, 0.15) is 5.82 Å². The number of fused-ring (bicyclic) bond motifs is 1. The number of hydrogen-bond acceptors (Lipinski definition) is 4. The summed E-state index contributed by atoms with van der Waals surface area (Å²) in [6, 6.07) is 18.8. The maximum absolute atomic E-state index is 13.4. The molecule has 5 aromatic heterocycles. The van der Waals surface area contributed by atoms with E-state index in [1.165, 1.54) is 12.1 Å². The van der Waals surface area contributed by atoms with Crippen LogP contribution in [0.4, 0.5) is 4.39 Å². The Hall–Kier alpha value is -4.59. The molecule has 8 heteroatoms. The lowest BCUT2D eigenvalue weighted by Gasteiger charge is -2.16. The van der Waals surface area contributed by atoms with Crippen molar-refractivity contribution in [1.82, 2.24) is 33.9 Å². The predicted octanol–water partition coefficient (Wildman–Crippen LogP) is 6.51. The maximum atomic E-state index is 13.4. The molecule has 190 valence electrons. The average molecular weight is 506 g/mol. The molecule has 1 unspecified atom stereocenters. The molecular weight excluding hydrogens is 477 g/mol. The Morgan fingerprint density at radius 1 is 0.868 bits per heavy atom. The first-order valence-corrected chi connectivity index (χ1v) is 12.7. The molecule has 0 fully saturated rings. The number of aryl methyl sites for hydroxylation is 3. The second-order valence-electron chi connectivity index (χ2n) is 9.58. The topological polar surface area (TPSA) is 65.8 Å². The van der Waals surface area contributed by atoms with Gasteiger partial charge in [-0.05, 0) is 75.2 Å². The third kappa shape index (κ3) is 4.08. The van der Waals surface area contributed by atoms with Crippen LogP contribution in [0.25, 0.3) is 34.1 Å². The van der Waals surface area contributed by atoms with Gasteiger partial charge in [-0.2, -0.15) is 10.1 Å². The molecule has 0 aliphatic carbocycles. The Morgan fingerprint density at radius 2 is 1.61 bits per heavy atom. The Bertz CT molecular complexity index is 1740. The summed E-state index contributed by atoms with van der Waals surface area (Å²) in [6.07, 6.45) is 6.61. The smallest absolute Gasteiger partial charge is 0.254 e. The van der Waals surface area contributed by atoms with Crippen LogP contribution in [0.15, 0.2) is 79.3 Å². The van der Waals surface area contributed by atoms with E-state index in [-0.39, 0.29) is 11.9 Å². The van der Waals surface area contributed by atoms with Crippen molar-refractivity contribution in [3.05, 3.63) is 108 Å². The van der Waals surface area contributed by atoms with Gasteiger partial charge < -0.3 is 0 Å². The first-order valence-electron chi connectivity index (χ1n) is 12.7. The number of nitrogens with zero attached hydrogens (tertiary/aromatic N) is 7. The van der Waals surface area contributed by atoms with Crippen molar-refractivity contribution in [3.63, 3.8) is 0 Å². The van der Waals surface area contributed by atoms with Gasteiger partial charge in [-0.3, -0.25) is 9.25 Å². The predicted molar refractivity (Wildman–Crippen MR) is 146 cm³/mol. The van der Waals surface area contributed by atoms with E-state index in [1.807, 2.05) is 64.2 Å². The monoisotopic (exact) mass is 505 g/mol. The van der Waals surface area contributed by atoms with Crippen LogP contribution in [0.5, 0.6) is 0 Å². The summed E-state index contributed by atoms with van der Waals surface area (Å²) in [5, 5.41) is 9.33. The van der Waals surface area contributed by atoms with Gasteiger partial charge in [-0.1, -0.05) is 25.1 Å². The summed E-state index contributed by atoms with van der Waals surface area (Å²) in [6.45, 7) is 8.26. The van der Waals surface area contributed by atoms with Crippen molar-refractivity contribution in [2.75, 3.05) is 0 Å². The number of benzene rings is 1. The quantitative estimate of drug-likeness (QED) is 0.259. The van der Waals surface area contributed by atoms with Crippen molar-refractivity contribution in [1.29, 1.82) is 0 Å². The highest BCUT2D eigenvalue weighted by Gasteiger charge is 2.17. The van der Waals surface area contributed by atoms with E-state index >= 15 is 0 Å². The maximum Gasteiger partial charge on any atom is 0.254 e. The van der Waals surface area contributed by atoms with Gasteiger partial charge in [0.25, 0.3) is 5.95 Å². The number of pyridine rings is 2. The van der Waals surface area contributed by atoms with Gasteiger partial charge in [0.2, 0.25) is 0 Å². The zero-order valence-corrected chi connectivity index (χ0v) is 21.8. The van der Waals surface area contributed by atoms with Crippen LogP contribution in [0.2, 0.25) is 0 Å². The molecule has 1 atom stereocenters. The fourth-order valence-electron chi connectivity index (χ4n) is 5.07. The number of halogens is 1. The van der Waals surface area contributed by atoms with Crippen LogP contribution in [0.3, 0.4) is 0 Å². The highest BCUT2D eigenvalue weighted by molar-refractivity contribution is 5.72. The van der Waals surface area contributed by atoms with E-state index in [9.17, 15) is 4.39 Å². The minimum atomic E-state index is -0.239. The molecule has 7 nitrogen and oxygen atoms in total. The van der Waals surface area contributed by atoms with Crippen LogP contribution >= 0.6 is 0 Å². The zero-order valence-electron chi connectivity index (χ0n) is 21.8. The van der Waals surface area contributed by atoms with Crippen LogP contribution in [-0.4, -0.2) is 33.9 Å². The molecule has 0 aliphatic rings. The van der Waals surface area contributed by atoms with Gasteiger partial charge in [-0.15, -0.1) is 5.10 Å². The van der Waals surface area contributed by atoms with Gasteiger partial charge in [0, 0.05) is 40.5 Å². The Labute approximate surface area is 220 Å². The van der Waals surface area contributed by atoms with E-state index in [4.69, 9.17) is 15.1 Å². The molecule has 38 heavy (non-hydrogen) atoms. The fraction of sp³-hybridized carbons (Fsp3) is 0.200. The van der Waals surface area contributed by atoms with Crippen molar-refractivity contribution in [3.8, 4) is 28.5 Å². The van der Waals surface area contributed by atoms with Crippen LogP contribution < -0.4 is 0 Å². The molecule has 0 spiro atoms. The lowest BCUT2D eigenvalue weighted by molar-refractivity contribution is 0.508. The first-order chi connectivity index (χ1) is 18.4. The molecule has 0 radical (unpaired) electrons. The van der Waals surface area contributed by atoms with Crippen molar-refractivity contribution in [2.45, 2.75) is 40.2 Å². The molecule has 6 aromatic rings. The minimum Gasteiger partial charge on any atom is -0.286 e. The van der Waals surface area contributed by atoms with Crippen molar-refractivity contribution in [2.24, 2.45) is 0 Å². The number of rotatable bonds is 6. The van der Waals surface area contributed by atoms with Gasteiger partial charge >= 0.3 is 0 Å². The van der Waals surface area contributed by atoms with Crippen LogP contribution in [0.1, 0.15) is 41.9 Å². The van der Waals surface area contributed by atoms with Gasteiger partial charge in [-0.25, -0.2) is 13.9 Å².